The number of thioether (sulfide) groups is 1. The molecule has 92 valence electrons. The molecule has 0 radical (unpaired) electrons. The van der Waals surface area contributed by atoms with E-state index in [0.717, 1.165) is 11.8 Å². The molecule has 7 nitrogen and oxygen atoms in total. The van der Waals surface area contributed by atoms with Gasteiger partial charge in [0.1, 0.15) is 5.25 Å². The van der Waals surface area contributed by atoms with Gasteiger partial charge in [0, 0.05) is 0 Å². The van der Waals surface area contributed by atoms with Crippen LogP contribution in [0.1, 0.15) is 6.92 Å². The highest BCUT2D eigenvalue weighted by Crippen LogP contribution is 2.31. The standard InChI is InChI=1S/C10H8N4O3S/c1-5-7(9(15)16)18-10-12-11-8(14(10)13-5)6-3-2-4-17-6/h2-4,7H,1H3,(H,15,16). The Morgan fingerprint density at radius 2 is 2.39 bits per heavy atom. The van der Waals surface area contributed by atoms with Crippen molar-refractivity contribution in [1.29, 1.82) is 0 Å². The van der Waals surface area contributed by atoms with Crippen LogP contribution in [0.2, 0.25) is 0 Å². The van der Waals surface area contributed by atoms with E-state index in [0.29, 0.717) is 22.5 Å². The fraction of sp³-hybridized carbons (Fsp3) is 0.200. The van der Waals surface area contributed by atoms with Gasteiger partial charge in [-0.05, 0) is 19.1 Å². The summed E-state index contributed by atoms with van der Waals surface area (Å²) >= 11 is 1.11. The van der Waals surface area contributed by atoms with E-state index in [1.165, 1.54) is 10.9 Å². The molecule has 0 aromatic carbocycles. The van der Waals surface area contributed by atoms with Crippen molar-refractivity contribution < 1.29 is 14.3 Å². The maximum atomic E-state index is 11.0. The minimum Gasteiger partial charge on any atom is -0.480 e. The first kappa shape index (κ1) is 11.0. The Kier molecular flexibility index (Phi) is 2.44. The van der Waals surface area contributed by atoms with Gasteiger partial charge in [0.05, 0.1) is 12.0 Å². The van der Waals surface area contributed by atoms with Crippen molar-refractivity contribution in [3.8, 4) is 11.6 Å². The third-order valence-corrected chi connectivity index (χ3v) is 3.68. The highest BCUT2D eigenvalue weighted by Gasteiger charge is 2.31. The minimum absolute atomic E-state index is 0.444. The summed E-state index contributed by atoms with van der Waals surface area (Å²) in [5.74, 6) is 0.0698. The van der Waals surface area contributed by atoms with Crippen molar-refractivity contribution in [2.45, 2.75) is 17.3 Å². The molecule has 3 heterocycles. The second-order valence-electron chi connectivity index (χ2n) is 3.67. The number of aliphatic carboxylic acids is 1. The number of aromatic nitrogens is 3. The average molecular weight is 264 g/mol. The number of carbonyl (C=O) groups is 1. The van der Waals surface area contributed by atoms with E-state index in [1.807, 2.05) is 0 Å². The molecule has 1 atom stereocenters. The predicted molar refractivity (Wildman–Crippen MR) is 63.5 cm³/mol. The van der Waals surface area contributed by atoms with Gasteiger partial charge >= 0.3 is 5.97 Å². The lowest BCUT2D eigenvalue weighted by atomic mass is 10.3. The Hall–Kier alpha value is -2.09. The van der Waals surface area contributed by atoms with Crippen LogP contribution in [0.25, 0.3) is 11.6 Å². The molecule has 0 fully saturated rings. The van der Waals surface area contributed by atoms with Crippen molar-refractivity contribution in [2.24, 2.45) is 5.10 Å². The molecule has 0 amide bonds. The summed E-state index contributed by atoms with van der Waals surface area (Å²) in [5, 5.41) is 20.9. The lowest BCUT2D eigenvalue weighted by Gasteiger charge is -2.16. The summed E-state index contributed by atoms with van der Waals surface area (Å²) in [6.45, 7) is 1.67. The van der Waals surface area contributed by atoms with Crippen LogP contribution in [0.4, 0.5) is 0 Å². The third-order valence-electron chi connectivity index (χ3n) is 2.44. The zero-order valence-corrected chi connectivity index (χ0v) is 10.1. The predicted octanol–water partition coefficient (Wildman–Crippen LogP) is 1.32. The van der Waals surface area contributed by atoms with E-state index in [-0.39, 0.29) is 0 Å². The molecular weight excluding hydrogens is 256 g/mol. The summed E-state index contributed by atoms with van der Waals surface area (Å²) in [4.78, 5) is 11.0. The highest BCUT2D eigenvalue weighted by atomic mass is 32.2. The summed E-state index contributed by atoms with van der Waals surface area (Å²) in [5.41, 5.74) is 0.493. The molecule has 2 aromatic heterocycles. The highest BCUT2D eigenvalue weighted by molar-refractivity contribution is 8.01. The van der Waals surface area contributed by atoms with Gasteiger partial charge in [-0.15, -0.1) is 10.2 Å². The normalized spacial score (nSPS) is 18.3. The van der Waals surface area contributed by atoms with Crippen LogP contribution in [0.15, 0.2) is 33.1 Å². The fourth-order valence-corrected chi connectivity index (χ4v) is 2.46. The van der Waals surface area contributed by atoms with Crippen molar-refractivity contribution in [3.05, 3.63) is 18.4 Å². The second-order valence-corrected chi connectivity index (χ2v) is 4.75. The molecule has 0 saturated heterocycles. The van der Waals surface area contributed by atoms with E-state index in [4.69, 9.17) is 9.52 Å². The summed E-state index contributed by atoms with van der Waals surface area (Å²) in [6, 6.07) is 3.49. The number of hydrogen-bond donors (Lipinski definition) is 1. The van der Waals surface area contributed by atoms with Gasteiger partial charge < -0.3 is 9.52 Å². The number of carboxylic acid groups (broad SMARTS) is 1. The van der Waals surface area contributed by atoms with E-state index in [1.54, 1.807) is 19.1 Å². The number of rotatable bonds is 2. The molecule has 2 aromatic rings. The zero-order chi connectivity index (χ0) is 12.7. The van der Waals surface area contributed by atoms with Gasteiger partial charge in [-0.2, -0.15) is 9.78 Å². The van der Waals surface area contributed by atoms with E-state index >= 15 is 0 Å². The Morgan fingerprint density at radius 1 is 1.56 bits per heavy atom. The van der Waals surface area contributed by atoms with Crippen LogP contribution >= 0.6 is 11.8 Å². The van der Waals surface area contributed by atoms with Gasteiger partial charge in [-0.1, -0.05) is 11.8 Å². The lowest BCUT2D eigenvalue weighted by Crippen LogP contribution is -2.28. The van der Waals surface area contributed by atoms with Crippen LogP contribution in [0.3, 0.4) is 0 Å². The number of nitrogens with zero attached hydrogens (tertiary/aromatic N) is 4. The molecule has 0 bridgehead atoms. The molecule has 8 heteroatoms. The van der Waals surface area contributed by atoms with Crippen molar-refractivity contribution >= 4 is 23.4 Å². The quantitative estimate of drug-likeness (QED) is 0.879. The molecule has 3 rings (SSSR count). The average Bonchev–Trinajstić information content (AvgIpc) is 2.94. The van der Waals surface area contributed by atoms with Crippen LogP contribution in [-0.4, -0.2) is 36.9 Å². The second kappa shape index (κ2) is 3.98. The molecule has 0 saturated carbocycles. The maximum Gasteiger partial charge on any atom is 0.322 e. The summed E-state index contributed by atoms with van der Waals surface area (Å²) in [7, 11) is 0. The monoisotopic (exact) mass is 264 g/mol. The Labute approximate surface area is 106 Å². The Bertz CT molecular complexity index is 632. The number of furan rings is 1. The Morgan fingerprint density at radius 3 is 3.06 bits per heavy atom. The molecule has 1 aliphatic heterocycles. The fourth-order valence-electron chi connectivity index (χ4n) is 1.62. The summed E-state index contributed by atoms with van der Waals surface area (Å²) in [6.07, 6.45) is 1.53. The number of fused-ring (bicyclic) bond motifs is 1. The SMILES string of the molecule is CC1=Nn2c(nnc2-c2ccco2)SC1C(=O)O. The van der Waals surface area contributed by atoms with Crippen molar-refractivity contribution in [1.82, 2.24) is 14.9 Å². The Balaban J connectivity index is 2.07. The van der Waals surface area contributed by atoms with Gasteiger partial charge in [-0.3, -0.25) is 4.79 Å². The smallest absolute Gasteiger partial charge is 0.322 e. The van der Waals surface area contributed by atoms with E-state index in [2.05, 4.69) is 15.3 Å². The number of hydrogen-bond acceptors (Lipinski definition) is 6. The number of carboxylic acids is 1. The van der Waals surface area contributed by atoms with Crippen molar-refractivity contribution in [2.75, 3.05) is 0 Å². The largest absolute Gasteiger partial charge is 0.480 e. The topological polar surface area (TPSA) is 93.5 Å². The minimum atomic E-state index is -0.935. The lowest BCUT2D eigenvalue weighted by molar-refractivity contribution is -0.135. The van der Waals surface area contributed by atoms with Crippen molar-refractivity contribution in [3.63, 3.8) is 0 Å². The molecule has 0 aliphatic carbocycles. The first-order valence-electron chi connectivity index (χ1n) is 5.11. The molecule has 1 N–H and O–H groups in total. The van der Waals surface area contributed by atoms with E-state index in [9.17, 15) is 4.79 Å². The molecular formula is C10H8N4O3S. The van der Waals surface area contributed by atoms with Crippen LogP contribution in [0.5, 0.6) is 0 Å². The van der Waals surface area contributed by atoms with Crippen LogP contribution < -0.4 is 0 Å². The van der Waals surface area contributed by atoms with Gasteiger partial charge in [0.15, 0.2) is 5.76 Å². The molecule has 1 unspecified atom stereocenters. The molecule has 18 heavy (non-hydrogen) atoms. The van der Waals surface area contributed by atoms with Gasteiger partial charge in [0.2, 0.25) is 11.0 Å². The first-order chi connectivity index (χ1) is 8.66. The third kappa shape index (κ3) is 1.61. The van der Waals surface area contributed by atoms with Gasteiger partial charge in [0.25, 0.3) is 0 Å². The zero-order valence-electron chi connectivity index (χ0n) is 9.27. The maximum absolute atomic E-state index is 11.0. The summed E-state index contributed by atoms with van der Waals surface area (Å²) < 4.78 is 6.73. The van der Waals surface area contributed by atoms with Gasteiger partial charge in [-0.25, -0.2) is 0 Å². The van der Waals surface area contributed by atoms with Crippen LogP contribution in [-0.2, 0) is 4.79 Å². The van der Waals surface area contributed by atoms with E-state index < -0.39 is 11.2 Å². The molecule has 1 aliphatic rings. The molecule has 0 spiro atoms. The van der Waals surface area contributed by atoms with Crippen LogP contribution in [0, 0.1) is 0 Å². The first-order valence-corrected chi connectivity index (χ1v) is 5.99.